The van der Waals surface area contributed by atoms with E-state index < -0.39 is 30.3 Å². The predicted molar refractivity (Wildman–Crippen MR) is 76.4 cm³/mol. The summed E-state index contributed by atoms with van der Waals surface area (Å²) >= 11 is 0. The van der Waals surface area contributed by atoms with Crippen LogP contribution in [0.4, 0.5) is 0 Å². The van der Waals surface area contributed by atoms with Gasteiger partial charge < -0.3 is 30.6 Å². The highest BCUT2D eigenvalue weighted by molar-refractivity contribution is 5.79. The third-order valence-corrected chi connectivity index (χ3v) is 3.24. The van der Waals surface area contributed by atoms with E-state index in [4.69, 9.17) is 10.5 Å². The monoisotopic (exact) mass is 305 g/mol. The molecule has 0 aliphatic rings. The van der Waals surface area contributed by atoms with Crippen LogP contribution in [0.3, 0.4) is 0 Å². The molecular formula is C14H27NO6. The lowest BCUT2D eigenvalue weighted by molar-refractivity contribution is -0.153. The van der Waals surface area contributed by atoms with Crippen LogP contribution in [0.2, 0.25) is 0 Å². The van der Waals surface area contributed by atoms with Gasteiger partial charge in [-0.2, -0.15) is 0 Å². The van der Waals surface area contributed by atoms with Crippen molar-refractivity contribution in [3.05, 3.63) is 0 Å². The number of aldehydes is 1. The number of hydrogen-bond donors (Lipinski definition) is 4. The summed E-state index contributed by atoms with van der Waals surface area (Å²) in [6.45, 7) is 2.39. The number of hydrogen-bond acceptors (Lipinski definition) is 6. The Labute approximate surface area is 125 Å². The van der Waals surface area contributed by atoms with Crippen LogP contribution in [0.1, 0.15) is 45.4 Å². The summed E-state index contributed by atoms with van der Waals surface area (Å²) < 4.78 is 5.17. The molecule has 0 aliphatic carbocycles. The van der Waals surface area contributed by atoms with Crippen molar-refractivity contribution in [2.75, 3.05) is 6.61 Å². The molecule has 0 aromatic heterocycles. The maximum Gasteiger partial charge on any atom is 0.249 e. The van der Waals surface area contributed by atoms with Gasteiger partial charge in [-0.1, -0.05) is 39.0 Å². The van der Waals surface area contributed by atoms with E-state index in [9.17, 15) is 24.9 Å². The second-order valence-electron chi connectivity index (χ2n) is 5.07. The van der Waals surface area contributed by atoms with Crippen LogP contribution < -0.4 is 5.73 Å². The second-order valence-corrected chi connectivity index (χ2v) is 5.07. The Morgan fingerprint density at radius 1 is 1.10 bits per heavy atom. The molecule has 21 heavy (non-hydrogen) atoms. The van der Waals surface area contributed by atoms with Crippen molar-refractivity contribution < 1.29 is 29.6 Å². The molecule has 124 valence electrons. The number of carbonyl (C=O) groups is 2. The number of nitrogens with two attached hydrogens (primary N) is 1. The van der Waals surface area contributed by atoms with Gasteiger partial charge in [-0.05, 0) is 6.42 Å². The quantitative estimate of drug-likeness (QED) is 0.268. The fourth-order valence-electron chi connectivity index (χ4n) is 1.87. The molecule has 0 saturated carbocycles. The van der Waals surface area contributed by atoms with Gasteiger partial charge in [0.15, 0.2) is 12.4 Å². The van der Waals surface area contributed by atoms with Gasteiger partial charge in [0.25, 0.3) is 0 Å². The maximum absolute atomic E-state index is 10.9. The zero-order valence-corrected chi connectivity index (χ0v) is 12.5. The first kappa shape index (κ1) is 20.0. The Morgan fingerprint density at radius 2 is 1.67 bits per heavy atom. The number of amides is 1. The van der Waals surface area contributed by atoms with Crippen LogP contribution in [-0.4, -0.2) is 58.5 Å². The first-order valence-corrected chi connectivity index (χ1v) is 7.36. The normalized spacial score (nSPS) is 17.0. The molecule has 0 unspecified atom stereocenters. The highest BCUT2D eigenvalue weighted by Gasteiger charge is 2.34. The molecule has 7 heteroatoms. The molecule has 0 rings (SSSR count). The SMILES string of the molecule is CCCCCCCCO[C@@H](C=O)[C@@H](O)[C@@H](O)[C@H](O)C(N)=O. The molecule has 1 amide bonds. The van der Waals surface area contributed by atoms with Gasteiger partial charge in [0.2, 0.25) is 5.91 Å². The number of ether oxygens (including phenoxy) is 1. The van der Waals surface area contributed by atoms with Crippen LogP contribution in [0.5, 0.6) is 0 Å². The lowest BCUT2D eigenvalue weighted by Gasteiger charge is -2.25. The third-order valence-electron chi connectivity index (χ3n) is 3.24. The molecule has 0 aromatic carbocycles. The summed E-state index contributed by atoms with van der Waals surface area (Å²) in [6.07, 6.45) is -0.211. The van der Waals surface area contributed by atoms with Crippen LogP contribution >= 0.6 is 0 Å². The van der Waals surface area contributed by atoms with E-state index in [1.54, 1.807) is 0 Å². The van der Waals surface area contributed by atoms with Gasteiger partial charge in [-0.3, -0.25) is 4.79 Å². The first-order chi connectivity index (χ1) is 9.95. The van der Waals surface area contributed by atoms with Crippen LogP contribution in [-0.2, 0) is 14.3 Å². The van der Waals surface area contributed by atoms with Gasteiger partial charge >= 0.3 is 0 Å². The number of primary amides is 1. The van der Waals surface area contributed by atoms with E-state index in [0.29, 0.717) is 6.29 Å². The Balaban J connectivity index is 4.03. The van der Waals surface area contributed by atoms with Gasteiger partial charge in [-0.25, -0.2) is 0 Å². The number of rotatable bonds is 13. The van der Waals surface area contributed by atoms with Crippen molar-refractivity contribution in [1.29, 1.82) is 0 Å². The standard InChI is InChI=1S/C14H27NO6/c1-2-3-4-5-6-7-8-21-10(9-16)11(17)12(18)13(19)14(15)20/h9-13,17-19H,2-8H2,1H3,(H2,15,20)/t10-,11+,12+,13-/m0/s1. The Bertz CT molecular complexity index is 299. The Morgan fingerprint density at radius 3 is 2.19 bits per heavy atom. The molecular weight excluding hydrogens is 278 g/mol. The molecule has 5 N–H and O–H groups in total. The molecule has 4 atom stereocenters. The minimum atomic E-state index is -1.94. The van der Waals surface area contributed by atoms with Crippen molar-refractivity contribution in [2.24, 2.45) is 5.73 Å². The van der Waals surface area contributed by atoms with Crippen molar-refractivity contribution in [3.8, 4) is 0 Å². The maximum atomic E-state index is 10.9. The second kappa shape index (κ2) is 11.6. The molecule has 0 radical (unpaired) electrons. The van der Waals surface area contributed by atoms with E-state index in [1.165, 1.54) is 6.42 Å². The molecule has 0 aliphatic heterocycles. The van der Waals surface area contributed by atoms with Crippen LogP contribution in [0.15, 0.2) is 0 Å². The van der Waals surface area contributed by atoms with E-state index in [0.717, 1.165) is 32.1 Å². The molecule has 0 heterocycles. The molecule has 0 spiro atoms. The Kier molecular flexibility index (Phi) is 11.1. The summed E-state index contributed by atoms with van der Waals surface area (Å²) in [5, 5.41) is 28.5. The minimum absolute atomic E-state index is 0.256. The zero-order valence-electron chi connectivity index (χ0n) is 12.5. The summed E-state index contributed by atoms with van der Waals surface area (Å²) in [7, 11) is 0. The molecule has 0 aromatic rings. The summed E-state index contributed by atoms with van der Waals surface area (Å²) in [5.74, 6) is -1.18. The third kappa shape index (κ3) is 8.11. The predicted octanol–water partition coefficient (Wildman–Crippen LogP) is -0.501. The van der Waals surface area contributed by atoms with E-state index >= 15 is 0 Å². The summed E-state index contributed by atoms with van der Waals surface area (Å²) in [6, 6.07) is 0. The van der Waals surface area contributed by atoms with Gasteiger partial charge in [0, 0.05) is 6.61 Å². The lowest BCUT2D eigenvalue weighted by Crippen LogP contribution is -2.50. The summed E-state index contributed by atoms with van der Waals surface area (Å²) in [5.41, 5.74) is 4.81. The van der Waals surface area contributed by atoms with E-state index in [2.05, 4.69) is 6.92 Å². The van der Waals surface area contributed by atoms with Crippen molar-refractivity contribution in [1.82, 2.24) is 0 Å². The van der Waals surface area contributed by atoms with E-state index in [1.807, 2.05) is 0 Å². The first-order valence-electron chi connectivity index (χ1n) is 7.36. The fraction of sp³-hybridized carbons (Fsp3) is 0.857. The van der Waals surface area contributed by atoms with E-state index in [-0.39, 0.29) is 6.61 Å². The number of aliphatic hydroxyl groups excluding tert-OH is 3. The van der Waals surface area contributed by atoms with Gasteiger partial charge in [0.05, 0.1) is 0 Å². The van der Waals surface area contributed by atoms with Crippen LogP contribution in [0, 0.1) is 0 Å². The van der Waals surface area contributed by atoms with Crippen molar-refractivity contribution in [2.45, 2.75) is 69.9 Å². The molecule has 0 saturated heterocycles. The Hall–Kier alpha value is -1.02. The highest BCUT2D eigenvalue weighted by atomic mass is 16.5. The van der Waals surface area contributed by atoms with Gasteiger partial charge in [0.1, 0.15) is 18.3 Å². The average molecular weight is 305 g/mol. The molecule has 0 fully saturated rings. The fourth-order valence-corrected chi connectivity index (χ4v) is 1.87. The largest absolute Gasteiger partial charge is 0.387 e. The topological polar surface area (TPSA) is 130 Å². The van der Waals surface area contributed by atoms with Gasteiger partial charge in [-0.15, -0.1) is 0 Å². The smallest absolute Gasteiger partial charge is 0.249 e. The zero-order chi connectivity index (χ0) is 16.3. The molecule has 7 nitrogen and oxygen atoms in total. The van der Waals surface area contributed by atoms with Crippen LogP contribution in [0.25, 0.3) is 0 Å². The van der Waals surface area contributed by atoms with Crippen molar-refractivity contribution in [3.63, 3.8) is 0 Å². The minimum Gasteiger partial charge on any atom is -0.387 e. The number of unbranched alkanes of at least 4 members (excludes halogenated alkanes) is 5. The highest BCUT2D eigenvalue weighted by Crippen LogP contribution is 2.09. The average Bonchev–Trinajstić information content (AvgIpc) is 2.47. The summed E-state index contributed by atoms with van der Waals surface area (Å²) in [4.78, 5) is 21.6. The lowest BCUT2D eigenvalue weighted by atomic mass is 10.0. The number of aliphatic hydroxyl groups is 3. The van der Waals surface area contributed by atoms with Crippen molar-refractivity contribution >= 4 is 12.2 Å². The molecule has 0 bridgehead atoms. The number of carbonyl (C=O) groups excluding carboxylic acids is 2.